The summed E-state index contributed by atoms with van der Waals surface area (Å²) < 4.78 is 31.7. The number of pyridine rings is 1. The SMILES string of the molecule is CN(C(=O)Nc1ccc(C2CCC2)cn1)[C@H]1CNC[C@@H]1O.O=C(O)C(F)(F)F. The maximum atomic E-state index is 12.2. The van der Waals surface area contributed by atoms with E-state index in [9.17, 15) is 23.1 Å². The third-order valence-electron chi connectivity index (χ3n) is 4.81. The topological polar surface area (TPSA) is 115 Å². The summed E-state index contributed by atoms with van der Waals surface area (Å²) in [7, 11) is 1.69. The van der Waals surface area contributed by atoms with E-state index in [2.05, 4.69) is 15.6 Å². The largest absolute Gasteiger partial charge is 0.490 e. The van der Waals surface area contributed by atoms with Crippen molar-refractivity contribution in [3.8, 4) is 0 Å². The van der Waals surface area contributed by atoms with Crippen molar-refractivity contribution in [2.75, 3.05) is 25.5 Å². The number of halogens is 3. The van der Waals surface area contributed by atoms with Crippen molar-refractivity contribution >= 4 is 17.8 Å². The number of aliphatic hydroxyl groups excluding tert-OH is 1. The van der Waals surface area contributed by atoms with Crippen LogP contribution in [0.1, 0.15) is 30.7 Å². The highest BCUT2D eigenvalue weighted by atomic mass is 19.4. The Morgan fingerprint density at radius 3 is 2.32 bits per heavy atom. The molecular formula is C17H23F3N4O4. The molecule has 0 aromatic carbocycles. The molecule has 28 heavy (non-hydrogen) atoms. The number of carbonyl (C=O) groups excluding carboxylic acids is 1. The summed E-state index contributed by atoms with van der Waals surface area (Å²) in [5.41, 5.74) is 1.25. The number of nitrogens with one attached hydrogen (secondary N) is 2. The first-order valence-electron chi connectivity index (χ1n) is 8.78. The predicted molar refractivity (Wildman–Crippen MR) is 94.0 cm³/mol. The number of urea groups is 1. The Kier molecular flexibility index (Phi) is 7.19. The standard InChI is InChI=1S/C15H22N4O2.C2HF3O2/c1-19(12-8-16-9-13(12)20)15(21)18-14-6-5-11(7-17-14)10-3-2-4-10;3-2(4,5)1(6)7/h5-7,10,12-13,16,20H,2-4,8-9H2,1H3,(H,17,18,21);(H,6,7)/t12-,13-;/m0./s1. The zero-order valence-corrected chi connectivity index (χ0v) is 15.2. The first kappa shape index (κ1) is 21.9. The molecule has 3 rings (SSSR count). The maximum absolute atomic E-state index is 12.2. The molecule has 2 atom stereocenters. The fourth-order valence-electron chi connectivity index (χ4n) is 2.86. The highest BCUT2D eigenvalue weighted by Crippen LogP contribution is 2.36. The molecule has 11 heteroatoms. The summed E-state index contributed by atoms with van der Waals surface area (Å²) >= 11 is 0. The van der Waals surface area contributed by atoms with Gasteiger partial charge in [-0.1, -0.05) is 12.5 Å². The summed E-state index contributed by atoms with van der Waals surface area (Å²) in [6.07, 6.45) is 0.0253. The van der Waals surface area contributed by atoms with E-state index in [0.29, 0.717) is 24.8 Å². The number of amides is 2. The first-order chi connectivity index (χ1) is 13.1. The Hall–Kier alpha value is -2.40. The average Bonchev–Trinajstić information content (AvgIpc) is 3.00. The summed E-state index contributed by atoms with van der Waals surface area (Å²) in [4.78, 5) is 26.9. The van der Waals surface area contributed by atoms with Crippen LogP contribution in [0.2, 0.25) is 0 Å². The van der Waals surface area contributed by atoms with E-state index in [1.165, 1.54) is 29.7 Å². The van der Waals surface area contributed by atoms with Crippen LogP contribution in [0.3, 0.4) is 0 Å². The van der Waals surface area contributed by atoms with Gasteiger partial charge in [-0.2, -0.15) is 13.2 Å². The minimum Gasteiger partial charge on any atom is -0.475 e. The van der Waals surface area contributed by atoms with E-state index in [1.54, 1.807) is 7.05 Å². The van der Waals surface area contributed by atoms with E-state index in [1.807, 2.05) is 18.3 Å². The molecule has 0 spiro atoms. The number of β-amino-alcohol motifs (C(OH)–C–C–N with tert-alkyl or cyclic N) is 1. The number of aliphatic hydroxyl groups is 1. The highest BCUT2D eigenvalue weighted by molar-refractivity contribution is 5.88. The summed E-state index contributed by atoms with van der Waals surface area (Å²) in [6, 6.07) is 3.45. The molecule has 2 amide bonds. The van der Waals surface area contributed by atoms with Gasteiger partial charge in [0.15, 0.2) is 0 Å². The molecule has 1 aromatic rings. The number of hydrogen-bond donors (Lipinski definition) is 4. The van der Waals surface area contributed by atoms with Gasteiger partial charge in [0.1, 0.15) is 5.82 Å². The van der Waals surface area contributed by atoms with Crippen LogP contribution in [0.15, 0.2) is 18.3 Å². The molecule has 2 fully saturated rings. The van der Waals surface area contributed by atoms with Crippen LogP contribution in [-0.2, 0) is 4.79 Å². The van der Waals surface area contributed by atoms with E-state index in [4.69, 9.17) is 9.90 Å². The molecular weight excluding hydrogens is 381 g/mol. The number of aromatic nitrogens is 1. The van der Waals surface area contributed by atoms with Crippen molar-refractivity contribution in [1.29, 1.82) is 0 Å². The Balaban J connectivity index is 0.000000345. The van der Waals surface area contributed by atoms with Crippen LogP contribution in [0.4, 0.5) is 23.8 Å². The van der Waals surface area contributed by atoms with E-state index >= 15 is 0 Å². The predicted octanol–water partition coefficient (Wildman–Crippen LogP) is 1.78. The monoisotopic (exact) mass is 404 g/mol. The van der Waals surface area contributed by atoms with Gasteiger partial charge in [0, 0.05) is 26.3 Å². The van der Waals surface area contributed by atoms with Crippen LogP contribution in [0, 0.1) is 0 Å². The molecule has 0 bridgehead atoms. The number of rotatable bonds is 3. The number of carboxylic acids is 1. The van der Waals surface area contributed by atoms with Crippen molar-refractivity contribution < 1.29 is 33.0 Å². The second-order valence-corrected chi connectivity index (χ2v) is 6.74. The van der Waals surface area contributed by atoms with Gasteiger partial charge in [-0.15, -0.1) is 0 Å². The van der Waals surface area contributed by atoms with Crippen LogP contribution >= 0.6 is 0 Å². The lowest BCUT2D eigenvalue weighted by atomic mass is 9.81. The van der Waals surface area contributed by atoms with Crippen LogP contribution in [-0.4, -0.2) is 70.6 Å². The minimum absolute atomic E-state index is 0.195. The average molecular weight is 404 g/mol. The van der Waals surface area contributed by atoms with Crippen molar-refractivity contribution in [3.05, 3.63) is 23.9 Å². The fraction of sp³-hybridized carbons (Fsp3) is 0.588. The normalized spacial score (nSPS) is 21.9. The van der Waals surface area contributed by atoms with Gasteiger partial charge in [-0.25, -0.2) is 14.6 Å². The molecule has 1 saturated carbocycles. The van der Waals surface area contributed by atoms with Crippen LogP contribution in [0.25, 0.3) is 0 Å². The lowest BCUT2D eigenvalue weighted by molar-refractivity contribution is -0.192. The number of carbonyl (C=O) groups is 2. The van der Waals surface area contributed by atoms with Gasteiger partial charge >= 0.3 is 18.2 Å². The second-order valence-electron chi connectivity index (χ2n) is 6.74. The smallest absolute Gasteiger partial charge is 0.475 e. The number of hydrogen-bond acceptors (Lipinski definition) is 5. The van der Waals surface area contributed by atoms with Gasteiger partial charge in [0.2, 0.25) is 0 Å². The quantitative estimate of drug-likeness (QED) is 0.611. The summed E-state index contributed by atoms with van der Waals surface area (Å²) in [5.74, 6) is -1.56. The Labute approximate surface area is 159 Å². The molecule has 2 aliphatic rings. The maximum Gasteiger partial charge on any atom is 0.490 e. The first-order valence-corrected chi connectivity index (χ1v) is 8.78. The summed E-state index contributed by atoms with van der Waals surface area (Å²) in [6.45, 7) is 1.13. The van der Waals surface area contributed by atoms with Crippen LogP contribution < -0.4 is 10.6 Å². The number of nitrogens with zero attached hydrogens (tertiary/aromatic N) is 2. The molecule has 1 aliphatic heterocycles. The zero-order chi connectivity index (χ0) is 20.9. The lowest BCUT2D eigenvalue weighted by Gasteiger charge is -2.27. The van der Waals surface area contributed by atoms with Crippen molar-refractivity contribution in [2.45, 2.75) is 43.5 Å². The van der Waals surface area contributed by atoms with Gasteiger partial charge in [0.25, 0.3) is 0 Å². The Morgan fingerprint density at radius 2 is 1.93 bits per heavy atom. The second kappa shape index (κ2) is 9.20. The van der Waals surface area contributed by atoms with Crippen molar-refractivity contribution in [2.24, 2.45) is 0 Å². The zero-order valence-electron chi connectivity index (χ0n) is 15.2. The lowest BCUT2D eigenvalue weighted by Crippen LogP contribution is -2.46. The number of aliphatic carboxylic acids is 1. The van der Waals surface area contributed by atoms with Gasteiger partial charge < -0.3 is 20.4 Å². The minimum atomic E-state index is -5.08. The molecule has 1 aliphatic carbocycles. The number of carboxylic acid groups (broad SMARTS) is 1. The van der Waals surface area contributed by atoms with E-state index in [-0.39, 0.29) is 12.1 Å². The number of alkyl halides is 3. The Morgan fingerprint density at radius 1 is 1.29 bits per heavy atom. The molecule has 4 N–H and O–H groups in total. The van der Waals surface area contributed by atoms with Crippen LogP contribution in [0.5, 0.6) is 0 Å². The number of anilines is 1. The van der Waals surface area contributed by atoms with Gasteiger partial charge in [-0.3, -0.25) is 5.32 Å². The molecule has 8 nitrogen and oxygen atoms in total. The van der Waals surface area contributed by atoms with Gasteiger partial charge in [-0.05, 0) is 30.4 Å². The summed E-state index contributed by atoms with van der Waals surface area (Å²) in [5, 5.41) is 22.8. The highest BCUT2D eigenvalue weighted by Gasteiger charge is 2.38. The molecule has 156 valence electrons. The van der Waals surface area contributed by atoms with Crippen molar-refractivity contribution in [3.63, 3.8) is 0 Å². The number of likely N-dealkylation sites (N-methyl/N-ethyl adjacent to an activating group) is 1. The fourth-order valence-corrected chi connectivity index (χ4v) is 2.86. The third-order valence-corrected chi connectivity index (χ3v) is 4.81. The van der Waals surface area contributed by atoms with Crippen molar-refractivity contribution in [1.82, 2.24) is 15.2 Å². The molecule has 0 radical (unpaired) electrons. The Bertz CT molecular complexity index is 680. The van der Waals surface area contributed by atoms with Gasteiger partial charge in [0.05, 0.1) is 12.1 Å². The molecule has 2 heterocycles. The van der Waals surface area contributed by atoms with E-state index < -0.39 is 18.2 Å². The third kappa shape index (κ3) is 5.80. The van der Waals surface area contributed by atoms with E-state index in [0.717, 1.165) is 0 Å². The molecule has 0 unspecified atom stereocenters. The molecule has 1 aromatic heterocycles. The molecule has 1 saturated heterocycles.